The number of nitro benzene ring substituents is 1. The van der Waals surface area contributed by atoms with Crippen LogP contribution in [0.2, 0.25) is 10.0 Å². The Kier molecular flexibility index (Phi) is 6.86. The van der Waals surface area contributed by atoms with Gasteiger partial charge in [0, 0.05) is 40.0 Å². The first kappa shape index (κ1) is 26.4. The highest BCUT2D eigenvalue weighted by molar-refractivity contribution is 6.34. The van der Waals surface area contributed by atoms with Gasteiger partial charge in [-0.05, 0) is 41.5 Å². The molecule has 1 aromatic heterocycles. The van der Waals surface area contributed by atoms with Crippen molar-refractivity contribution >= 4 is 51.4 Å². The minimum absolute atomic E-state index is 0.121. The quantitative estimate of drug-likeness (QED) is 0.172. The van der Waals surface area contributed by atoms with Crippen LogP contribution < -0.4 is 5.56 Å². The molecule has 1 aliphatic rings. The number of H-pyrrole nitrogens is 1. The lowest BCUT2D eigenvalue weighted by atomic mass is 9.91. The number of halogens is 2. The van der Waals surface area contributed by atoms with Crippen molar-refractivity contribution in [2.75, 3.05) is 0 Å². The van der Waals surface area contributed by atoms with Crippen LogP contribution in [0.1, 0.15) is 33.9 Å². The summed E-state index contributed by atoms with van der Waals surface area (Å²) in [7, 11) is 0. The van der Waals surface area contributed by atoms with Crippen LogP contribution in [0.4, 0.5) is 5.69 Å². The van der Waals surface area contributed by atoms with Gasteiger partial charge in [-0.15, -0.1) is 0 Å². The van der Waals surface area contributed by atoms with Gasteiger partial charge in [-0.3, -0.25) is 19.7 Å². The van der Waals surface area contributed by atoms with E-state index in [0.29, 0.717) is 32.8 Å². The number of nitrogens with zero attached hydrogens (tertiary/aromatic N) is 3. The molecule has 8 nitrogen and oxygen atoms in total. The second kappa shape index (κ2) is 10.6. The molecule has 1 N–H and O–H groups in total. The molecule has 1 aliphatic heterocycles. The highest BCUT2D eigenvalue weighted by Crippen LogP contribution is 2.39. The molecule has 0 spiro atoms. The molecule has 0 radical (unpaired) electrons. The molecule has 1 amide bonds. The van der Waals surface area contributed by atoms with Crippen molar-refractivity contribution in [2.24, 2.45) is 5.10 Å². The molecule has 0 saturated heterocycles. The molecule has 6 rings (SSSR count). The number of fused-ring (bicyclic) bond motifs is 1. The molecule has 2 heterocycles. The van der Waals surface area contributed by atoms with Crippen LogP contribution in [-0.4, -0.2) is 26.5 Å². The Balaban J connectivity index is 1.58. The smallest absolute Gasteiger partial charge is 0.276 e. The number of pyridine rings is 1. The second-order valence-corrected chi connectivity index (χ2v) is 10.4. The number of aromatic nitrogens is 1. The normalized spacial score (nSPS) is 14.7. The summed E-state index contributed by atoms with van der Waals surface area (Å²) in [5.74, 6) is -0.497. The fourth-order valence-electron chi connectivity index (χ4n) is 5.16. The Bertz CT molecular complexity index is 1940. The van der Waals surface area contributed by atoms with Gasteiger partial charge < -0.3 is 4.98 Å². The number of nitrogens with one attached hydrogen (secondary N) is 1. The minimum atomic E-state index is -0.730. The molecular weight excluding hydrogens is 563 g/mol. The standard InChI is InChI=1S/C31H20Cl2N4O4/c32-20-13-14-25-23(16-20)28(18-7-2-1-3-8-18)29(30(38)34-25)26-17-27(19-9-6-10-21(15-19)37(40)41)36(35-26)31(39)22-11-4-5-12-24(22)33/h1-16,27H,17H2,(H,34,38)/t27-/m1/s1. The molecule has 0 bridgehead atoms. The number of hydrazone groups is 1. The molecule has 0 aliphatic carbocycles. The summed E-state index contributed by atoms with van der Waals surface area (Å²) in [5.41, 5.74) is 2.84. The number of carbonyl (C=O) groups excluding carboxylic acids is 1. The summed E-state index contributed by atoms with van der Waals surface area (Å²) in [6, 6.07) is 26.5. The summed E-state index contributed by atoms with van der Waals surface area (Å²) in [6.07, 6.45) is 0.131. The molecular formula is C31H20Cl2N4O4. The number of nitro groups is 1. The van der Waals surface area contributed by atoms with E-state index in [4.69, 9.17) is 28.3 Å². The maximum Gasteiger partial charge on any atom is 0.276 e. The summed E-state index contributed by atoms with van der Waals surface area (Å²) in [5, 5.41) is 19.0. The Morgan fingerprint density at radius 2 is 1.68 bits per heavy atom. The first-order valence-electron chi connectivity index (χ1n) is 12.6. The van der Waals surface area contributed by atoms with Crippen LogP contribution in [0.3, 0.4) is 0 Å². The van der Waals surface area contributed by atoms with Gasteiger partial charge in [0.15, 0.2) is 0 Å². The number of aromatic amines is 1. The third-order valence-corrected chi connectivity index (χ3v) is 7.58. The van der Waals surface area contributed by atoms with Gasteiger partial charge in [-0.1, -0.05) is 77.8 Å². The van der Waals surface area contributed by atoms with Crippen molar-refractivity contribution in [2.45, 2.75) is 12.5 Å². The molecule has 10 heteroatoms. The molecule has 202 valence electrons. The zero-order valence-corrected chi connectivity index (χ0v) is 22.8. The largest absolute Gasteiger partial charge is 0.321 e. The fourth-order valence-corrected chi connectivity index (χ4v) is 5.55. The van der Waals surface area contributed by atoms with Crippen LogP contribution in [-0.2, 0) is 0 Å². The summed E-state index contributed by atoms with van der Waals surface area (Å²) < 4.78 is 0. The van der Waals surface area contributed by atoms with E-state index >= 15 is 0 Å². The van der Waals surface area contributed by atoms with Crippen LogP contribution in [0, 0.1) is 10.1 Å². The Labute approximate surface area is 243 Å². The molecule has 5 aromatic rings. The van der Waals surface area contributed by atoms with Crippen molar-refractivity contribution < 1.29 is 9.72 Å². The van der Waals surface area contributed by atoms with Crippen LogP contribution in [0.15, 0.2) is 107 Å². The van der Waals surface area contributed by atoms with Crippen LogP contribution in [0.25, 0.3) is 22.0 Å². The van der Waals surface area contributed by atoms with Gasteiger partial charge in [0.2, 0.25) is 0 Å². The molecule has 4 aromatic carbocycles. The second-order valence-electron chi connectivity index (χ2n) is 9.51. The predicted molar refractivity (Wildman–Crippen MR) is 160 cm³/mol. The maximum absolute atomic E-state index is 13.8. The van der Waals surface area contributed by atoms with Crippen molar-refractivity contribution in [1.29, 1.82) is 0 Å². The first-order chi connectivity index (χ1) is 19.8. The summed E-state index contributed by atoms with van der Waals surface area (Å²) in [4.78, 5) is 41.5. The number of non-ortho nitro benzene ring substituents is 1. The highest BCUT2D eigenvalue weighted by Gasteiger charge is 2.37. The number of hydrogen-bond acceptors (Lipinski definition) is 5. The average molecular weight is 583 g/mol. The lowest BCUT2D eigenvalue weighted by Gasteiger charge is -2.22. The molecule has 0 saturated carbocycles. The molecule has 41 heavy (non-hydrogen) atoms. The van der Waals surface area contributed by atoms with E-state index < -0.39 is 16.9 Å². The third-order valence-electron chi connectivity index (χ3n) is 7.02. The van der Waals surface area contributed by atoms with Gasteiger partial charge in [0.1, 0.15) is 0 Å². The Morgan fingerprint density at radius 1 is 0.927 bits per heavy atom. The number of rotatable bonds is 5. The van der Waals surface area contributed by atoms with E-state index in [-0.39, 0.29) is 33.8 Å². The average Bonchev–Trinajstić information content (AvgIpc) is 3.42. The van der Waals surface area contributed by atoms with E-state index in [1.807, 2.05) is 30.3 Å². The number of hydrogen-bond donors (Lipinski definition) is 1. The summed E-state index contributed by atoms with van der Waals surface area (Å²) in [6.45, 7) is 0. The van der Waals surface area contributed by atoms with Gasteiger partial charge in [-0.25, -0.2) is 5.01 Å². The number of amides is 1. The fraction of sp³-hybridized carbons (Fsp3) is 0.0645. The monoisotopic (exact) mass is 582 g/mol. The van der Waals surface area contributed by atoms with Crippen LogP contribution >= 0.6 is 23.2 Å². The van der Waals surface area contributed by atoms with E-state index in [0.717, 1.165) is 5.56 Å². The van der Waals surface area contributed by atoms with Gasteiger partial charge in [0.05, 0.1) is 32.8 Å². The lowest BCUT2D eigenvalue weighted by Crippen LogP contribution is -2.27. The Hall–Kier alpha value is -4.79. The van der Waals surface area contributed by atoms with Crippen molar-refractivity contribution in [3.63, 3.8) is 0 Å². The topological polar surface area (TPSA) is 109 Å². The first-order valence-corrected chi connectivity index (χ1v) is 13.4. The number of benzene rings is 4. The zero-order valence-electron chi connectivity index (χ0n) is 21.3. The SMILES string of the molecule is O=C(c1ccccc1Cl)N1N=C(c2c(-c3ccccc3)c3cc(Cl)ccc3[nH]c2=O)C[C@@H]1c1cccc([N+](=O)[O-])c1. The lowest BCUT2D eigenvalue weighted by molar-refractivity contribution is -0.384. The third kappa shape index (κ3) is 4.88. The van der Waals surface area contributed by atoms with Crippen molar-refractivity contribution in [3.8, 4) is 11.1 Å². The van der Waals surface area contributed by atoms with Crippen molar-refractivity contribution in [3.05, 3.63) is 144 Å². The van der Waals surface area contributed by atoms with Gasteiger partial charge >= 0.3 is 0 Å². The molecule has 0 unspecified atom stereocenters. The molecule has 0 fully saturated rings. The molecule has 1 atom stereocenters. The van der Waals surface area contributed by atoms with E-state index in [9.17, 15) is 19.7 Å². The number of carbonyl (C=O) groups is 1. The minimum Gasteiger partial charge on any atom is -0.321 e. The predicted octanol–water partition coefficient (Wildman–Crippen LogP) is 7.40. The van der Waals surface area contributed by atoms with Gasteiger partial charge in [0.25, 0.3) is 17.2 Å². The van der Waals surface area contributed by atoms with E-state index in [1.165, 1.54) is 17.1 Å². The van der Waals surface area contributed by atoms with E-state index in [1.54, 1.807) is 54.6 Å². The highest BCUT2D eigenvalue weighted by atomic mass is 35.5. The van der Waals surface area contributed by atoms with E-state index in [2.05, 4.69) is 4.98 Å². The van der Waals surface area contributed by atoms with Gasteiger partial charge in [-0.2, -0.15) is 5.10 Å². The zero-order chi connectivity index (χ0) is 28.7. The summed E-state index contributed by atoms with van der Waals surface area (Å²) >= 11 is 12.7. The maximum atomic E-state index is 13.8. The van der Waals surface area contributed by atoms with Crippen LogP contribution in [0.5, 0.6) is 0 Å². The Morgan fingerprint density at radius 3 is 2.44 bits per heavy atom. The van der Waals surface area contributed by atoms with Crippen molar-refractivity contribution in [1.82, 2.24) is 9.99 Å².